The van der Waals surface area contributed by atoms with Gasteiger partial charge in [-0.15, -0.1) is 0 Å². The lowest BCUT2D eigenvalue weighted by Crippen LogP contribution is -2.30. The summed E-state index contributed by atoms with van der Waals surface area (Å²) < 4.78 is 0. The highest BCUT2D eigenvalue weighted by Gasteiger charge is 2.08. The first-order chi connectivity index (χ1) is 10.9. The molecular weight excluding hydrogens is 266 g/mol. The summed E-state index contributed by atoms with van der Waals surface area (Å²) in [6, 6.07) is 15.3. The van der Waals surface area contributed by atoms with Crippen molar-refractivity contribution in [3.63, 3.8) is 0 Å². The Morgan fingerprint density at radius 3 is 2.55 bits per heavy atom. The highest BCUT2D eigenvalue weighted by atomic mass is 15.1. The van der Waals surface area contributed by atoms with Crippen LogP contribution in [0.2, 0.25) is 0 Å². The van der Waals surface area contributed by atoms with Crippen LogP contribution in [0, 0.1) is 0 Å². The molecule has 1 aliphatic rings. The van der Waals surface area contributed by atoms with Gasteiger partial charge in [0.15, 0.2) is 0 Å². The fourth-order valence-electron chi connectivity index (χ4n) is 3.31. The monoisotopic (exact) mass is 293 g/mol. The molecule has 116 valence electrons. The first kappa shape index (κ1) is 15.3. The first-order valence-corrected chi connectivity index (χ1v) is 8.79. The average molecular weight is 293 g/mol. The fraction of sp³-hybridized carbons (Fsp3) is 0.429. The molecule has 22 heavy (non-hydrogen) atoms. The summed E-state index contributed by atoms with van der Waals surface area (Å²) >= 11 is 0. The van der Waals surface area contributed by atoms with E-state index in [9.17, 15) is 0 Å². The van der Waals surface area contributed by atoms with Gasteiger partial charge in [0.2, 0.25) is 0 Å². The number of benzene rings is 2. The van der Waals surface area contributed by atoms with E-state index in [2.05, 4.69) is 59.5 Å². The van der Waals surface area contributed by atoms with E-state index in [1.165, 1.54) is 74.5 Å². The molecular formula is C21H27N. The van der Waals surface area contributed by atoms with Gasteiger partial charge < -0.3 is 4.90 Å². The number of fused-ring (bicyclic) bond motifs is 1. The van der Waals surface area contributed by atoms with Crippen molar-refractivity contribution in [3.8, 4) is 0 Å². The predicted octanol–water partition coefficient (Wildman–Crippen LogP) is 5.51. The largest absolute Gasteiger partial charge is 0.303 e. The Labute approximate surface area is 134 Å². The molecule has 1 heterocycles. The second-order valence-electron chi connectivity index (χ2n) is 6.41. The van der Waals surface area contributed by atoms with Crippen LogP contribution in [-0.4, -0.2) is 24.5 Å². The Balaban J connectivity index is 1.41. The van der Waals surface area contributed by atoms with Gasteiger partial charge in [0.05, 0.1) is 0 Å². The lowest BCUT2D eigenvalue weighted by atomic mass is 10.1. The van der Waals surface area contributed by atoms with E-state index < -0.39 is 0 Å². The molecule has 1 saturated heterocycles. The lowest BCUT2D eigenvalue weighted by Gasteiger charge is -2.26. The van der Waals surface area contributed by atoms with E-state index in [-0.39, 0.29) is 0 Å². The molecule has 0 amide bonds. The number of rotatable bonds is 6. The lowest BCUT2D eigenvalue weighted by molar-refractivity contribution is 0.225. The summed E-state index contributed by atoms with van der Waals surface area (Å²) in [4.78, 5) is 2.64. The van der Waals surface area contributed by atoms with E-state index in [4.69, 9.17) is 0 Å². The number of unbranched alkanes of at least 4 members (excludes halogenated alkanes) is 2. The Morgan fingerprint density at radius 2 is 1.68 bits per heavy atom. The van der Waals surface area contributed by atoms with Gasteiger partial charge in [-0.3, -0.25) is 0 Å². The van der Waals surface area contributed by atoms with Crippen molar-refractivity contribution in [1.82, 2.24) is 4.90 Å². The molecule has 0 N–H and O–H groups in total. The smallest absolute Gasteiger partial charge is 0.00186 e. The summed E-state index contributed by atoms with van der Waals surface area (Å²) in [6.07, 6.45) is 12.7. The number of piperidine rings is 1. The van der Waals surface area contributed by atoms with Gasteiger partial charge in [-0.05, 0) is 74.1 Å². The SMILES string of the molecule is C(=C\c1ccc2ccccc2c1)/CCCCN1CCCCC1. The van der Waals surface area contributed by atoms with Crippen molar-refractivity contribution in [2.24, 2.45) is 0 Å². The summed E-state index contributed by atoms with van der Waals surface area (Å²) in [7, 11) is 0. The standard InChI is InChI=1S/C21H27N/c1(2-7-15-22-16-8-3-9-17-22)4-10-19-13-14-20-11-5-6-12-21(20)18-19/h4-6,10-14,18H,1-3,7-9,15-17H2/b10-4+. The summed E-state index contributed by atoms with van der Waals surface area (Å²) in [5.41, 5.74) is 1.31. The molecule has 3 rings (SSSR count). The highest BCUT2D eigenvalue weighted by Crippen LogP contribution is 2.17. The molecule has 0 saturated carbocycles. The van der Waals surface area contributed by atoms with E-state index in [1.807, 2.05) is 0 Å². The molecule has 0 spiro atoms. The highest BCUT2D eigenvalue weighted by molar-refractivity contribution is 5.84. The molecule has 1 heteroatoms. The van der Waals surface area contributed by atoms with Crippen LogP contribution in [0.5, 0.6) is 0 Å². The van der Waals surface area contributed by atoms with Gasteiger partial charge in [-0.25, -0.2) is 0 Å². The molecule has 1 fully saturated rings. The molecule has 2 aromatic rings. The first-order valence-electron chi connectivity index (χ1n) is 8.79. The number of hydrogen-bond donors (Lipinski definition) is 0. The molecule has 0 atom stereocenters. The molecule has 1 nitrogen and oxygen atoms in total. The normalized spacial score (nSPS) is 16.5. The Hall–Kier alpha value is -1.60. The second-order valence-corrected chi connectivity index (χ2v) is 6.41. The van der Waals surface area contributed by atoms with Crippen LogP contribution in [0.25, 0.3) is 16.8 Å². The molecule has 0 bridgehead atoms. The molecule has 0 aliphatic carbocycles. The Morgan fingerprint density at radius 1 is 0.864 bits per heavy atom. The molecule has 2 aromatic carbocycles. The average Bonchev–Trinajstić information content (AvgIpc) is 2.59. The minimum atomic E-state index is 1.20. The number of allylic oxidation sites excluding steroid dienone is 1. The van der Waals surface area contributed by atoms with E-state index in [0.717, 1.165) is 0 Å². The summed E-state index contributed by atoms with van der Waals surface area (Å²) in [5, 5.41) is 2.65. The molecule has 1 aliphatic heterocycles. The summed E-state index contributed by atoms with van der Waals surface area (Å²) in [6.45, 7) is 3.95. The van der Waals surface area contributed by atoms with Gasteiger partial charge in [-0.1, -0.05) is 55.0 Å². The van der Waals surface area contributed by atoms with Crippen LogP contribution in [0.4, 0.5) is 0 Å². The van der Waals surface area contributed by atoms with Gasteiger partial charge in [0.25, 0.3) is 0 Å². The van der Waals surface area contributed by atoms with Crippen molar-refractivity contribution >= 4 is 16.8 Å². The third kappa shape index (κ3) is 4.45. The molecule has 0 unspecified atom stereocenters. The van der Waals surface area contributed by atoms with Gasteiger partial charge in [-0.2, -0.15) is 0 Å². The maximum absolute atomic E-state index is 2.64. The van der Waals surface area contributed by atoms with Crippen LogP contribution in [-0.2, 0) is 0 Å². The maximum Gasteiger partial charge on any atom is -0.00186 e. The quantitative estimate of drug-likeness (QED) is 0.635. The number of hydrogen-bond acceptors (Lipinski definition) is 1. The van der Waals surface area contributed by atoms with Gasteiger partial charge in [0, 0.05) is 0 Å². The molecule has 0 radical (unpaired) electrons. The van der Waals surface area contributed by atoms with Crippen LogP contribution < -0.4 is 0 Å². The maximum atomic E-state index is 2.64. The second kappa shape index (κ2) is 8.14. The van der Waals surface area contributed by atoms with Crippen LogP contribution in [0.1, 0.15) is 44.1 Å². The van der Waals surface area contributed by atoms with Crippen LogP contribution in [0.15, 0.2) is 48.5 Å². The van der Waals surface area contributed by atoms with E-state index >= 15 is 0 Å². The van der Waals surface area contributed by atoms with Crippen molar-refractivity contribution in [1.29, 1.82) is 0 Å². The van der Waals surface area contributed by atoms with Crippen molar-refractivity contribution in [3.05, 3.63) is 54.1 Å². The zero-order chi connectivity index (χ0) is 15.0. The Kier molecular flexibility index (Phi) is 5.66. The minimum absolute atomic E-state index is 1.20. The third-order valence-corrected chi connectivity index (χ3v) is 4.63. The third-order valence-electron chi connectivity index (χ3n) is 4.63. The van der Waals surface area contributed by atoms with Crippen molar-refractivity contribution in [2.45, 2.75) is 38.5 Å². The van der Waals surface area contributed by atoms with Gasteiger partial charge >= 0.3 is 0 Å². The molecule has 0 aromatic heterocycles. The van der Waals surface area contributed by atoms with Crippen molar-refractivity contribution in [2.75, 3.05) is 19.6 Å². The fourth-order valence-corrected chi connectivity index (χ4v) is 3.31. The summed E-state index contributed by atoms with van der Waals surface area (Å²) in [5.74, 6) is 0. The van der Waals surface area contributed by atoms with Crippen LogP contribution >= 0.6 is 0 Å². The zero-order valence-corrected chi connectivity index (χ0v) is 13.5. The van der Waals surface area contributed by atoms with Crippen molar-refractivity contribution < 1.29 is 0 Å². The predicted molar refractivity (Wildman–Crippen MR) is 97.1 cm³/mol. The zero-order valence-electron chi connectivity index (χ0n) is 13.5. The van der Waals surface area contributed by atoms with E-state index in [0.29, 0.717) is 0 Å². The Bertz CT molecular complexity index is 608. The number of nitrogens with zero attached hydrogens (tertiary/aromatic N) is 1. The minimum Gasteiger partial charge on any atom is -0.303 e. The number of likely N-dealkylation sites (tertiary alicyclic amines) is 1. The topological polar surface area (TPSA) is 3.24 Å². The van der Waals surface area contributed by atoms with E-state index in [1.54, 1.807) is 0 Å². The van der Waals surface area contributed by atoms with Gasteiger partial charge in [0.1, 0.15) is 0 Å². The van der Waals surface area contributed by atoms with Crippen LogP contribution in [0.3, 0.4) is 0 Å².